The van der Waals surface area contributed by atoms with E-state index in [0.717, 1.165) is 44.0 Å². The van der Waals surface area contributed by atoms with Gasteiger partial charge in [0.2, 0.25) is 0 Å². The highest BCUT2D eigenvalue weighted by molar-refractivity contribution is 5.42. The third-order valence-electron chi connectivity index (χ3n) is 3.67. The van der Waals surface area contributed by atoms with Gasteiger partial charge in [-0.05, 0) is 55.3 Å². The van der Waals surface area contributed by atoms with Crippen LogP contribution in [0.5, 0.6) is 5.75 Å². The van der Waals surface area contributed by atoms with Crippen molar-refractivity contribution in [2.75, 3.05) is 20.2 Å². The fourth-order valence-corrected chi connectivity index (χ4v) is 2.59. The van der Waals surface area contributed by atoms with Crippen molar-refractivity contribution >= 4 is 6.08 Å². The molecule has 0 amide bonds. The van der Waals surface area contributed by atoms with Crippen molar-refractivity contribution in [2.24, 2.45) is 0 Å². The molecule has 2 heterocycles. The molecule has 2 aromatic rings. The molecule has 0 radical (unpaired) electrons. The summed E-state index contributed by atoms with van der Waals surface area (Å²) < 4.78 is 11.0. The van der Waals surface area contributed by atoms with E-state index in [4.69, 9.17) is 9.15 Å². The molecule has 0 N–H and O–H groups in total. The first-order valence-electron chi connectivity index (χ1n) is 7.44. The van der Waals surface area contributed by atoms with Crippen LogP contribution in [0.2, 0.25) is 0 Å². The van der Waals surface area contributed by atoms with Crippen LogP contribution in [0.15, 0.2) is 47.1 Å². The van der Waals surface area contributed by atoms with Crippen molar-refractivity contribution in [3.63, 3.8) is 0 Å². The molecule has 0 saturated carbocycles. The van der Waals surface area contributed by atoms with Gasteiger partial charge >= 0.3 is 0 Å². The molecule has 110 valence electrons. The molecule has 0 atom stereocenters. The molecule has 1 aromatic heterocycles. The first-order chi connectivity index (χ1) is 10.3. The van der Waals surface area contributed by atoms with Crippen LogP contribution < -0.4 is 4.74 Å². The number of nitrogens with zero attached hydrogens (tertiary/aromatic N) is 1. The van der Waals surface area contributed by atoms with Crippen molar-refractivity contribution in [1.29, 1.82) is 0 Å². The van der Waals surface area contributed by atoms with Crippen LogP contribution in [0, 0.1) is 0 Å². The number of hydrogen-bond acceptors (Lipinski definition) is 3. The van der Waals surface area contributed by atoms with Crippen LogP contribution >= 0.6 is 0 Å². The molecule has 1 aromatic carbocycles. The normalized spacial score (nSPS) is 14.4. The van der Waals surface area contributed by atoms with Gasteiger partial charge in [0, 0.05) is 13.1 Å². The van der Waals surface area contributed by atoms with Gasteiger partial charge in [-0.2, -0.15) is 0 Å². The number of rotatable bonds is 5. The second-order valence-electron chi connectivity index (χ2n) is 5.51. The van der Waals surface area contributed by atoms with Crippen molar-refractivity contribution in [1.82, 2.24) is 4.90 Å². The van der Waals surface area contributed by atoms with Gasteiger partial charge in [-0.1, -0.05) is 18.2 Å². The van der Waals surface area contributed by atoms with Crippen molar-refractivity contribution in [3.8, 4) is 5.75 Å². The fraction of sp³-hybridized carbons (Fsp3) is 0.333. The molecule has 3 heteroatoms. The summed E-state index contributed by atoms with van der Waals surface area (Å²) in [7, 11) is 2.12. The van der Waals surface area contributed by atoms with E-state index in [2.05, 4.69) is 36.2 Å². The van der Waals surface area contributed by atoms with Gasteiger partial charge < -0.3 is 9.15 Å². The quantitative estimate of drug-likeness (QED) is 0.835. The minimum Gasteiger partial charge on any atom is -0.493 e. The Bertz CT molecular complexity index is 602. The molecule has 0 saturated heterocycles. The van der Waals surface area contributed by atoms with E-state index in [1.165, 1.54) is 11.1 Å². The van der Waals surface area contributed by atoms with Gasteiger partial charge in [0.1, 0.15) is 11.5 Å². The minimum absolute atomic E-state index is 0.845. The SMILES string of the molecule is CN(C/C=C/c1ccco1)Cc1ccc2c(c1)OCCC2. The molecule has 0 spiro atoms. The highest BCUT2D eigenvalue weighted by Crippen LogP contribution is 2.26. The van der Waals surface area contributed by atoms with Crippen LogP contribution in [0.25, 0.3) is 6.08 Å². The monoisotopic (exact) mass is 283 g/mol. The maximum absolute atomic E-state index is 5.73. The zero-order valence-corrected chi connectivity index (χ0v) is 12.4. The largest absolute Gasteiger partial charge is 0.493 e. The number of furan rings is 1. The maximum atomic E-state index is 5.73. The molecule has 0 bridgehead atoms. The summed E-state index contributed by atoms with van der Waals surface area (Å²) in [6.07, 6.45) is 8.08. The van der Waals surface area contributed by atoms with Crippen molar-refractivity contribution < 1.29 is 9.15 Å². The summed E-state index contributed by atoms with van der Waals surface area (Å²) in [5, 5.41) is 0. The number of benzene rings is 1. The van der Waals surface area contributed by atoms with E-state index in [1.807, 2.05) is 18.2 Å². The minimum atomic E-state index is 0.845. The van der Waals surface area contributed by atoms with Crippen LogP contribution in [-0.2, 0) is 13.0 Å². The van der Waals surface area contributed by atoms with Gasteiger partial charge in [-0.3, -0.25) is 4.90 Å². The number of likely N-dealkylation sites (N-methyl/N-ethyl adjacent to an activating group) is 1. The number of fused-ring (bicyclic) bond motifs is 1. The molecule has 21 heavy (non-hydrogen) atoms. The molecule has 1 aliphatic heterocycles. The van der Waals surface area contributed by atoms with E-state index in [1.54, 1.807) is 6.26 Å². The summed E-state index contributed by atoms with van der Waals surface area (Å²) in [4.78, 5) is 2.27. The highest BCUT2D eigenvalue weighted by atomic mass is 16.5. The van der Waals surface area contributed by atoms with Crippen LogP contribution in [0.1, 0.15) is 23.3 Å². The molecular weight excluding hydrogens is 262 g/mol. The molecule has 0 aliphatic carbocycles. The summed E-state index contributed by atoms with van der Waals surface area (Å²) in [5.41, 5.74) is 2.63. The summed E-state index contributed by atoms with van der Waals surface area (Å²) in [6, 6.07) is 10.5. The number of aryl methyl sites for hydroxylation is 1. The average Bonchev–Trinajstić information content (AvgIpc) is 3.00. The Morgan fingerprint density at radius 3 is 3.10 bits per heavy atom. The standard InChI is InChI=1S/C18H21NO2/c1-19(10-2-6-17-7-4-11-20-17)14-15-8-9-16-5-3-12-21-18(16)13-15/h2,4,6-9,11,13H,3,5,10,12,14H2,1H3/b6-2+. The van der Waals surface area contributed by atoms with Gasteiger partial charge in [-0.25, -0.2) is 0 Å². The Labute approximate surface area is 125 Å². The summed E-state index contributed by atoms with van der Waals surface area (Å²) in [6.45, 7) is 2.65. The fourth-order valence-electron chi connectivity index (χ4n) is 2.59. The summed E-state index contributed by atoms with van der Waals surface area (Å²) >= 11 is 0. The van der Waals surface area contributed by atoms with E-state index >= 15 is 0 Å². The molecule has 3 rings (SSSR count). The van der Waals surface area contributed by atoms with Gasteiger partial charge in [0.15, 0.2) is 0 Å². The predicted octanol–water partition coefficient (Wildman–Crippen LogP) is 3.75. The zero-order chi connectivity index (χ0) is 14.5. The lowest BCUT2D eigenvalue weighted by atomic mass is 10.0. The van der Waals surface area contributed by atoms with Crippen LogP contribution in [-0.4, -0.2) is 25.1 Å². The Hall–Kier alpha value is -2.00. The first-order valence-corrected chi connectivity index (χ1v) is 7.44. The Kier molecular flexibility index (Phi) is 4.41. The Balaban J connectivity index is 1.56. The molecule has 1 aliphatic rings. The van der Waals surface area contributed by atoms with E-state index in [-0.39, 0.29) is 0 Å². The Morgan fingerprint density at radius 2 is 2.24 bits per heavy atom. The predicted molar refractivity (Wildman–Crippen MR) is 84.3 cm³/mol. The van der Waals surface area contributed by atoms with Crippen molar-refractivity contribution in [2.45, 2.75) is 19.4 Å². The van der Waals surface area contributed by atoms with Crippen LogP contribution in [0.4, 0.5) is 0 Å². The summed E-state index contributed by atoms with van der Waals surface area (Å²) in [5.74, 6) is 1.96. The number of ether oxygens (including phenoxy) is 1. The Morgan fingerprint density at radius 1 is 1.29 bits per heavy atom. The van der Waals surface area contributed by atoms with E-state index in [9.17, 15) is 0 Å². The van der Waals surface area contributed by atoms with E-state index in [0.29, 0.717) is 0 Å². The van der Waals surface area contributed by atoms with Gasteiger partial charge in [0.25, 0.3) is 0 Å². The van der Waals surface area contributed by atoms with Gasteiger partial charge in [-0.15, -0.1) is 0 Å². The van der Waals surface area contributed by atoms with Crippen molar-refractivity contribution in [3.05, 3.63) is 59.6 Å². The third kappa shape index (κ3) is 3.76. The lowest BCUT2D eigenvalue weighted by molar-refractivity contribution is 0.287. The first kappa shape index (κ1) is 14.0. The highest BCUT2D eigenvalue weighted by Gasteiger charge is 2.10. The lowest BCUT2D eigenvalue weighted by Crippen LogP contribution is -2.18. The van der Waals surface area contributed by atoms with E-state index < -0.39 is 0 Å². The maximum Gasteiger partial charge on any atom is 0.126 e. The smallest absolute Gasteiger partial charge is 0.126 e. The zero-order valence-electron chi connectivity index (χ0n) is 12.4. The van der Waals surface area contributed by atoms with Crippen LogP contribution in [0.3, 0.4) is 0 Å². The molecule has 3 nitrogen and oxygen atoms in total. The molecular formula is C18H21NO2. The lowest BCUT2D eigenvalue weighted by Gasteiger charge is -2.20. The molecule has 0 fully saturated rings. The second kappa shape index (κ2) is 6.64. The third-order valence-corrected chi connectivity index (χ3v) is 3.67. The number of hydrogen-bond donors (Lipinski definition) is 0. The molecule has 0 unspecified atom stereocenters. The second-order valence-corrected chi connectivity index (χ2v) is 5.51. The average molecular weight is 283 g/mol. The van der Waals surface area contributed by atoms with Gasteiger partial charge in [0.05, 0.1) is 12.9 Å². The topological polar surface area (TPSA) is 25.6 Å².